The SMILES string of the molecule is CC1CC(=O)c2cc(S(=O)(=O)Cl)sc2S1.CC1CC(=O)c2cc(S(=O)(=O)O)sc2S1.CC1CC(=O)c2cc(S(N)(=O)=O)sc2S1.CC1CC(=O)c2ccsc2S1.CC1CC(O)c2cc(S(N)(=O)=O)sc2S1.CC1CC(O)c2cc(S(N)(=O)=O)sc2S1(=O)=O.Cc1ccc(S(=O)(=O)OC2CC(C)S(=O)(=O)c3sc(S(N)(=O)=O)cc32)cc1.O=C(O)CC(O)Sc1cccs1.Sc1cccs1. The van der Waals surface area contributed by atoms with Crippen LogP contribution < -0.4 is 20.6 Å². The molecule has 16 heterocycles. The second kappa shape index (κ2) is 46.3. The Morgan fingerprint density at radius 2 is 0.872 bits per heavy atom. The fraction of sp³-hybridized carbons (Fsp3) is 0.365. The normalized spacial score (nSPS) is 21.8. The second-order valence-electron chi connectivity index (χ2n) is 29.4. The van der Waals surface area contributed by atoms with Crippen molar-refractivity contribution in [2.45, 2.75) is 235 Å². The molecule has 59 heteroatoms. The number of aliphatic hydroxyl groups excluding tert-OH is 3. The number of thiol groups is 1. The quantitative estimate of drug-likeness (QED) is 0.0128. The van der Waals surface area contributed by atoms with Crippen LogP contribution >= 0.6 is 196 Å². The molecule has 0 saturated carbocycles. The number of thioether (sulfide) groups is 6. The Labute approximate surface area is 840 Å². The van der Waals surface area contributed by atoms with Crippen molar-refractivity contribution in [1.82, 2.24) is 0 Å². The Hall–Kier alpha value is -3.40. The smallest absolute Gasteiger partial charge is 0.306 e. The number of aliphatic hydroxyl groups is 3. The number of rotatable bonds is 13. The predicted molar refractivity (Wildman–Crippen MR) is 530 cm³/mol. The lowest BCUT2D eigenvalue weighted by Gasteiger charge is -2.26. The van der Waals surface area contributed by atoms with Crippen LogP contribution in [0.2, 0.25) is 0 Å². The number of Topliss-reactive ketones (excluding diaryl/α,β-unsaturated/α-hetero) is 4. The number of halogens is 1. The maximum atomic E-state index is 12.6. The molecule has 0 aliphatic carbocycles. The molecule has 0 saturated heterocycles. The van der Waals surface area contributed by atoms with E-state index in [1.165, 1.54) is 113 Å². The van der Waals surface area contributed by atoms with Crippen LogP contribution in [0.15, 0.2) is 175 Å². The zero-order chi connectivity index (χ0) is 99.3. The summed E-state index contributed by atoms with van der Waals surface area (Å²) >= 11 is 23.3. The number of benzene rings is 1. The molecule has 730 valence electrons. The minimum absolute atomic E-state index is 0.000864. The van der Waals surface area contributed by atoms with Gasteiger partial charge in [-0.25, -0.2) is 79.5 Å². The van der Waals surface area contributed by atoms with Crippen molar-refractivity contribution < 1.29 is 129 Å². The molecule has 133 heavy (non-hydrogen) atoms. The Morgan fingerprint density at radius 3 is 1.32 bits per heavy atom. The number of sulfonamides is 4. The third-order valence-corrected chi connectivity index (χ3v) is 52.1. The standard InChI is InChI=1S/C15H17NO7S4.C8H7ClO3S3.C8H11NO5S3.C8H11NO3S3.C8H9NO3S3.C8H8O4S3.C8H8OS2.C7H8O3S2.C4H4S2/c1-9-3-5-11(6-4-9)27(21,22)23-13-7-10(2)25(17,18)15-12(13)8-14(24-15)26(16,19)20;1-4-2-6(10)5-3-7(15(9,11)12)14-8(5)13-4;1-4-2-6(10)5-3-7(17(9,13)14)15-8(5)16(4,11)12;2*1-4-2-6(10)5-3-7(15(9,11)12)14-8(5)13-4;1-4-2-6(9)5-3-7(15(10,11)12)14-8(5)13-4;1-5-4-7(9)6-2-3-10-8(6)11-5;8-5(9)4-6(10)12-7-2-1-3-11-7;5-4-2-1-3-6-4/h3-6,8,10,13H,7H2,1-2H3,(H2,16,19,20);3-4H,2H2,1H3;3-4,6,10H,2H2,1H3,(H2,9,13,14);3-4,6,10H,2H2,1H3,(H2,9,11,12);3-4H,2H2,1H3,(H2,9,11,12);3-4H,2H2,1H3,(H,10,11,12);2-3,5H,4H2,1H3;1-3,6,10H,4H2,(H,8,9);1-3,5H. The molecule has 0 fully saturated rings. The van der Waals surface area contributed by atoms with E-state index in [4.69, 9.17) is 45.1 Å². The van der Waals surface area contributed by atoms with E-state index in [1.54, 1.807) is 53.5 Å². The van der Waals surface area contributed by atoms with Gasteiger partial charge in [0.1, 0.15) is 45.2 Å². The maximum absolute atomic E-state index is 12.6. The fourth-order valence-corrected chi connectivity index (χ4v) is 41.9. The lowest BCUT2D eigenvalue weighted by Crippen LogP contribution is -2.28. The van der Waals surface area contributed by atoms with Crippen LogP contribution in [0.3, 0.4) is 0 Å². The molecule has 10 aromatic rings. The molecular weight excluding hydrogens is 2250 g/mol. The van der Waals surface area contributed by atoms with Crippen molar-refractivity contribution >= 4 is 314 Å². The van der Waals surface area contributed by atoms with Crippen LogP contribution in [0.1, 0.15) is 182 Å². The van der Waals surface area contributed by atoms with Gasteiger partial charge in [0.05, 0.1) is 63.5 Å². The number of hydrogen-bond acceptors (Lipinski definition) is 43. The summed E-state index contributed by atoms with van der Waals surface area (Å²) in [4.78, 5) is 56.2. The van der Waals surface area contributed by atoms with E-state index < -0.39 is 129 Å². The summed E-state index contributed by atoms with van der Waals surface area (Å²) in [6.07, 6.45) is -0.254. The highest BCUT2D eigenvalue weighted by molar-refractivity contribution is 8.15. The highest BCUT2D eigenvalue weighted by Gasteiger charge is 2.44. The summed E-state index contributed by atoms with van der Waals surface area (Å²) in [5, 5.41) is 62.7. The van der Waals surface area contributed by atoms with E-state index in [-0.39, 0.29) is 102 Å². The number of ketones is 4. The number of hydrogen-bond donors (Lipinski definition) is 10. The molecule has 0 amide bonds. The number of carboxylic acids is 1. The molecule has 7 aliphatic heterocycles. The van der Waals surface area contributed by atoms with Gasteiger partial charge < -0.3 is 20.4 Å². The first kappa shape index (κ1) is 113. The summed E-state index contributed by atoms with van der Waals surface area (Å²) in [5.74, 6) is -0.720. The lowest BCUT2D eigenvalue weighted by molar-refractivity contribution is -0.138. The molecule has 0 radical (unpaired) electrons. The van der Waals surface area contributed by atoms with Gasteiger partial charge in [-0.15, -0.1) is 173 Å². The highest BCUT2D eigenvalue weighted by Crippen LogP contribution is 2.51. The van der Waals surface area contributed by atoms with Crippen molar-refractivity contribution in [2.24, 2.45) is 20.6 Å². The molecule has 1 aromatic carbocycles. The fourth-order valence-electron chi connectivity index (χ4n) is 12.1. The number of carbonyl (C=O) groups is 5. The van der Waals surface area contributed by atoms with E-state index >= 15 is 0 Å². The first-order valence-electron chi connectivity index (χ1n) is 37.9. The van der Waals surface area contributed by atoms with E-state index in [2.05, 4.69) is 19.6 Å². The van der Waals surface area contributed by atoms with E-state index in [0.717, 1.165) is 89.7 Å². The number of carboxylic acid groups (broad SMARTS) is 1. The van der Waals surface area contributed by atoms with Gasteiger partial charge in [0.15, 0.2) is 42.8 Å². The number of thiophene rings is 9. The van der Waals surface area contributed by atoms with Gasteiger partial charge in [0.2, 0.25) is 40.1 Å². The molecule has 11 atom stereocenters. The Bertz CT molecular complexity index is 6830. The zero-order valence-corrected chi connectivity index (χ0v) is 91.1. The number of fused-ring (bicyclic) bond motifs is 7. The van der Waals surface area contributed by atoms with Gasteiger partial charge in [-0.1, -0.05) is 76.2 Å². The van der Waals surface area contributed by atoms with Crippen LogP contribution in [0.4, 0.5) is 0 Å². The zero-order valence-electron chi connectivity index (χ0n) is 69.9. The molecule has 33 nitrogen and oxygen atoms in total. The van der Waals surface area contributed by atoms with E-state index in [0.29, 0.717) is 97.5 Å². The molecule has 7 aliphatic rings. The van der Waals surface area contributed by atoms with E-state index in [9.17, 15) is 115 Å². The minimum Gasteiger partial charge on any atom is -0.481 e. The van der Waals surface area contributed by atoms with Gasteiger partial charge in [-0.2, -0.15) is 16.8 Å². The number of sulfone groups is 2. The molecular formula is C74H83ClN4O29S25. The van der Waals surface area contributed by atoms with Crippen molar-refractivity contribution in [3.8, 4) is 0 Å². The van der Waals surface area contributed by atoms with Crippen molar-refractivity contribution in [3.63, 3.8) is 0 Å². The average Bonchev–Trinajstić information content (AvgIpc) is 1.64. The molecule has 13 N–H and O–H groups in total. The number of nitrogens with two attached hydrogens (primary N) is 4. The predicted octanol–water partition coefficient (Wildman–Crippen LogP) is 15.8. The molecule has 11 unspecified atom stereocenters. The topological polar surface area (TPSA) is 607 Å². The summed E-state index contributed by atoms with van der Waals surface area (Å²) in [6.45, 7) is 14.6. The summed E-state index contributed by atoms with van der Waals surface area (Å²) in [7, 11) is -29.6. The van der Waals surface area contributed by atoms with Gasteiger partial charge in [-0.05, 0) is 123 Å². The molecule has 17 rings (SSSR count). The van der Waals surface area contributed by atoms with E-state index in [1.807, 2.05) is 85.9 Å². The monoisotopic (exact) mass is 2330 g/mol. The van der Waals surface area contributed by atoms with Gasteiger partial charge in [-0.3, -0.25) is 32.7 Å². The number of carbonyl (C=O) groups excluding carboxylic acids is 4. The third kappa shape index (κ3) is 31.1. The van der Waals surface area contributed by atoms with Gasteiger partial charge in [0, 0.05) is 102 Å². The highest BCUT2D eigenvalue weighted by atomic mass is 35.7. The number of aliphatic carboxylic acids is 1. The molecule has 0 bridgehead atoms. The Kier molecular flexibility index (Phi) is 39.4. The average molecular weight is 2330 g/mol. The Balaban J connectivity index is 0.000000171. The summed E-state index contributed by atoms with van der Waals surface area (Å²) in [5.41, 5.74) is 3.23. The third-order valence-electron chi connectivity index (χ3n) is 18.5. The number of aryl methyl sites for hydroxylation is 1. The number of primary sulfonamides is 4. The van der Waals surface area contributed by atoms with Crippen LogP contribution in [-0.2, 0) is 98.0 Å². The maximum Gasteiger partial charge on any atom is 0.306 e. The van der Waals surface area contributed by atoms with Crippen LogP contribution in [-0.4, -0.2) is 172 Å². The molecule has 0 spiro atoms. The van der Waals surface area contributed by atoms with Crippen molar-refractivity contribution in [2.75, 3.05) is 0 Å². The first-order valence-corrected chi connectivity index (χ1v) is 65.6. The second-order valence-corrected chi connectivity index (χ2v) is 67.7. The van der Waals surface area contributed by atoms with Gasteiger partial charge in [0.25, 0.3) is 19.2 Å². The Morgan fingerprint density at radius 1 is 0.481 bits per heavy atom. The first-order chi connectivity index (χ1) is 61.3. The van der Waals surface area contributed by atoms with Gasteiger partial charge >= 0.3 is 16.1 Å². The van der Waals surface area contributed by atoms with Crippen molar-refractivity contribution in [1.29, 1.82) is 0 Å². The lowest BCUT2D eigenvalue weighted by atomic mass is 10.1. The minimum atomic E-state index is -4.18. The van der Waals surface area contributed by atoms with Crippen LogP contribution in [0.5, 0.6) is 0 Å². The van der Waals surface area contributed by atoms with Crippen LogP contribution in [0, 0.1) is 6.92 Å². The molecule has 9 aromatic heterocycles. The summed E-state index contributed by atoms with van der Waals surface area (Å²) < 4.78 is 228. The van der Waals surface area contributed by atoms with Crippen molar-refractivity contribution in [3.05, 3.63) is 152 Å². The largest absolute Gasteiger partial charge is 0.481 e. The van der Waals surface area contributed by atoms with Crippen LogP contribution in [0.25, 0.3) is 0 Å². The summed E-state index contributed by atoms with van der Waals surface area (Å²) in [6, 6.07) is 23.3.